The zero-order chi connectivity index (χ0) is 11.6. The number of rotatable bonds is 3. The predicted octanol–water partition coefficient (Wildman–Crippen LogP) is 1.46. The van der Waals surface area contributed by atoms with Crippen molar-refractivity contribution in [3.8, 4) is 0 Å². The maximum Gasteiger partial charge on any atom is 0.435 e. The lowest BCUT2D eigenvalue weighted by Gasteiger charge is -2.04. The molecule has 1 N–H and O–H groups in total. The molecule has 0 radical (unpaired) electrons. The maximum absolute atomic E-state index is 12.4. The minimum atomic E-state index is -4.53. The summed E-state index contributed by atoms with van der Waals surface area (Å²) < 4.78 is 38.1. The third kappa shape index (κ3) is 2.97. The van der Waals surface area contributed by atoms with Gasteiger partial charge in [-0.15, -0.1) is 0 Å². The minimum Gasteiger partial charge on any atom is -0.481 e. The molecule has 1 rings (SSSR count). The molecule has 0 saturated heterocycles. The molecule has 0 amide bonds. The summed E-state index contributed by atoms with van der Waals surface area (Å²) in [6.07, 6.45) is -3.85. The van der Waals surface area contributed by atoms with Crippen LogP contribution in [-0.4, -0.2) is 20.9 Å². The fraction of sp³-hybridized carbons (Fsp3) is 0.500. The molecule has 0 unspecified atom stereocenters. The quantitative estimate of drug-likeness (QED) is 0.842. The number of hydrogen-bond acceptors (Lipinski definition) is 2. The van der Waals surface area contributed by atoms with Gasteiger partial charge in [0, 0.05) is 25.2 Å². The van der Waals surface area contributed by atoms with E-state index in [0.717, 1.165) is 4.68 Å². The van der Waals surface area contributed by atoms with Gasteiger partial charge in [0.25, 0.3) is 0 Å². The zero-order valence-corrected chi connectivity index (χ0v) is 7.88. The van der Waals surface area contributed by atoms with Crippen molar-refractivity contribution >= 4 is 5.97 Å². The first-order chi connectivity index (χ1) is 6.80. The summed E-state index contributed by atoms with van der Waals surface area (Å²) in [4.78, 5) is 10.2. The molecule has 1 aromatic heterocycles. The topological polar surface area (TPSA) is 55.1 Å². The average Bonchev–Trinajstić information content (AvgIpc) is 2.42. The van der Waals surface area contributed by atoms with E-state index in [2.05, 4.69) is 5.10 Å². The number of aromatic nitrogens is 2. The molecule has 84 valence electrons. The Bertz CT molecular complexity index is 370. The smallest absolute Gasteiger partial charge is 0.435 e. The fourth-order valence-corrected chi connectivity index (χ4v) is 1.20. The fourth-order valence-electron chi connectivity index (χ4n) is 1.20. The van der Waals surface area contributed by atoms with Crippen LogP contribution in [-0.2, 0) is 24.4 Å². The molecule has 1 heterocycles. The van der Waals surface area contributed by atoms with Gasteiger partial charge in [0.1, 0.15) is 0 Å². The van der Waals surface area contributed by atoms with Gasteiger partial charge in [-0.3, -0.25) is 9.48 Å². The zero-order valence-electron chi connectivity index (χ0n) is 7.88. The highest BCUT2D eigenvalue weighted by molar-refractivity contribution is 5.67. The Morgan fingerprint density at radius 1 is 1.60 bits per heavy atom. The van der Waals surface area contributed by atoms with Crippen LogP contribution in [0.25, 0.3) is 0 Å². The van der Waals surface area contributed by atoms with E-state index in [0.29, 0.717) is 0 Å². The molecule has 0 fully saturated rings. The summed E-state index contributed by atoms with van der Waals surface area (Å²) in [5, 5.41) is 11.6. The molecule has 0 aliphatic heterocycles. The number of hydrogen-bond donors (Lipinski definition) is 1. The maximum atomic E-state index is 12.4. The molecule has 0 atom stereocenters. The summed E-state index contributed by atoms with van der Waals surface area (Å²) in [6.45, 7) is 0. The molecule has 7 heteroatoms. The molecular formula is C8H9F3N2O2. The Labute approximate surface area is 83.3 Å². The van der Waals surface area contributed by atoms with Crippen LogP contribution in [0.5, 0.6) is 0 Å². The first-order valence-corrected chi connectivity index (χ1v) is 4.12. The lowest BCUT2D eigenvalue weighted by Crippen LogP contribution is -2.10. The van der Waals surface area contributed by atoms with Gasteiger partial charge >= 0.3 is 12.1 Å². The molecule has 0 aliphatic rings. The Morgan fingerprint density at radius 3 is 2.67 bits per heavy atom. The van der Waals surface area contributed by atoms with Gasteiger partial charge in [-0.2, -0.15) is 18.3 Å². The number of carboxylic acid groups (broad SMARTS) is 1. The highest BCUT2D eigenvalue weighted by Gasteiger charge is 2.36. The Balaban J connectivity index is 2.91. The first kappa shape index (κ1) is 11.5. The van der Waals surface area contributed by atoms with Gasteiger partial charge in [-0.1, -0.05) is 0 Å². The summed E-state index contributed by atoms with van der Waals surface area (Å²) in [7, 11) is 1.36. The molecule has 0 saturated carbocycles. The predicted molar refractivity (Wildman–Crippen MR) is 44.2 cm³/mol. The van der Waals surface area contributed by atoms with Crippen molar-refractivity contribution in [1.29, 1.82) is 0 Å². The third-order valence-corrected chi connectivity index (χ3v) is 1.78. The number of carboxylic acids is 1. The van der Waals surface area contributed by atoms with Crippen molar-refractivity contribution in [2.75, 3.05) is 0 Å². The van der Waals surface area contributed by atoms with Crippen molar-refractivity contribution in [3.05, 3.63) is 17.5 Å². The van der Waals surface area contributed by atoms with Crippen LogP contribution >= 0.6 is 0 Å². The van der Waals surface area contributed by atoms with Crippen LogP contribution in [0.2, 0.25) is 0 Å². The summed E-state index contributed by atoms with van der Waals surface area (Å²) >= 11 is 0. The standard InChI is InChI=1S/C8H9F3N2O2/c1-13-4-5(2-3-6(14)15)7(12-13)8(9,10)11/h4H,2-3H2,1H3,(H,14,15). The van der Waals surface area contributed by atoms with E-state index in [9.17, 15) is 18.0 Å². The van der Waals surface area contributed by atoms with Crippen LogP contribution in [0.15, 0.2) is 6.20 Å². The lowest BCUT2D eigenvalue weighted by molar-refractivity contribution is -0.143. The number of nitrogens with zero attached hydrogens (tertiary/aromatic N) is 2. The molecule has 1 aromatic rings. The minimum absolute atomic E-state index is 0.0904. The van der Waals surface area contributed by atoms with E-state index >= 15 is 0 Å². The lowest BCUT2D eigenvalue weighted by atomic mass is 10.1. The van der Waals surface area contributed by atoms with E-state index in [1.807, 2.05) is 0 Å². The molecule has 0 spiro atoms. The van der Waals surface area contributed by atoms with Crippen LogP contribution in [0, 0.1) is 0 Å². The second-order valence-electron chi connectivity index (χ2n) is 3.07. The summed E-state index contributed by atoms with van der Waals surface area (Å²) in [6, 6.07) is 0. The number of carbonyl (C=O) groups is 1. The number of aryl methyl sites for hydroxylation is 2. The van der Waals surface area contributed by atoms with Gasteiger partial charge < -0.3 is 5.11 Å². The highest BCUT2D eigenvalue weighted by Crippen LogP contribution is 2.30. The van der Waals surface area contributed by atoms with Crippen LogP contribution in [0.3, 0.4) is 0 Å². The van der Waals surface area contributed by atoms with Gasteiger partial charge in [0.2, 0.25) is 0 Å². The van der Waals surface area contributed by atoms with Crippen molar-refractivity contribution in [2.24, 2.45) is 7.05 Å². The van der Waals surface area contributed by atoms with E-state index in [-0.39, 0.29) is 18.4 Å². The largest absolute Gasteiger partial charge is 0.481 e. The van der Waals surface area contributed by atoms with E-state index in [4.69, 9.17) is 5.11 Å². The van der Waals surface area contributed by atoms with Crippen molar-refractivity contribution in [2.45, 2.75) is 19.0 Å². The first-order valence-electron chi connectivity index (χ1n) is 4.12. The molecule has 0 aliphatic carbocycles. The summed E-state index contributed by atoms with van der Waals surface area (Å²) in [5.74, 6) is -1.13. The van der Waals surface area contributed by atoms with E-state index in [1.54, 1.807) is 0 Å². The molecule has 0 bridgehead atoms. The highest BCUT2D eigenvalue weighted by atomic mass is 19.4. The molecule has 4 nitrogen and oxygen atoms in total. The van der Waals surface area contributed by atoms with Gasteiger partial charge in [0.05, 0.1) is 0 Å². The number of aliphatic carboxylic acids is 1. The Kier molecular flexibility index (Phi) is 3.01. The second kappa shape index (κ2) is 3.92. The second-order valence-corrected chi connectivity index (χ2v) is 3.07. The Morgan fingerprint density at radius 2 is 2.20 bits per heavy atom. The van der Waals surface area contributed by atoms with Gasteiger partial charge in [-0.05, 0) is 6.42 Å². The van der Waals surface area contributed by atoms with Crippen molar-refractivity contribution < 1.29 is 23.1 Å². The van der Waals surface area contributed by atoms with Crippen LogP contribution < -0.4 is 0 Å². The SMILES string of the molecule is Cn1cc(CCC(=O)O)c(C(F)(F)F)n1. The van der Waals surface area contributed by atoms with Crippen molar-refractivity contribution in [1.82, 2.24) is 9.78 Å². The van der Waals surface area contributed by atoms with E-state index < -0.39 is 17.8 Å². The monoisotopic (exact) mass is 222 g/mol. The van der Waals surface area contributed by atoms with Gasteiger partial charge in [-0.25, -0.2) is 0 Å². The van der Waals surface area contributed by atoms with Gasteiger partial charge in [0.15, 0.2) is 5.69 Å². The molecular weight excluding hydrogens is 213 g/mol. The third-order valence-electron chi connectivity index (χ3n) is 1.78. The van der Waals surface area contributed by atoms with Crippen molar-refractivity contribution in [3.63, 3.8) is 0 Å². The summed E-state index contributed by atoms with van der Waals surface area (Å²) in [5.41, 5.74) is -1.10. The average molecular weight is 222 g/mol. The van der Waals surface area contributed by atoms with E-state index in [1.165, 1.54) is 13.2 Å². The number of alkyl halides is 3. The Hall–Kier alpha value is -1.53. The molecule has 15 heavy (non-hydrogen) atoms. The molecule has 0 aromatic carbocycles. The van der Waals surface area contributed by atoms with Crippen LogP contribution in [0.1, 0.15) is 17.7 Å². The normalized spacial score (nSPS) is 11.7. The number of halogens is 3. The van der Waals surface area contributed by atoms with Crippen LogP contribution in [0.4, 0.5) is 13.2 Å².